The molecule has 0 aromatic carbocycles. The normalized spacial score (nSPS) is 16.1. The Morgan fingerprint density at radius 2 is 2.00 bits per heavy atom. The number of aliphatic hydroxyl groups is 1. The van der Waals surface area contributed by atoms with E-state index in [0.29, 0.717) is 0 Å². The molecule has 0 radical (unpaired) electrons. The van der Waals surface area contributed by atoms with Gasteiger partial charge in [-0.15, -0.1) is 0 Å². The molecule has 0 heterocycles. The monoisotopic (exact) mass is 232 g/mol. The first kappa shape index (κ1) is 14.9. The van der Waals surface area contributed by atoms with Crippen LogP contribution in [-0.4, -0.2) is 61.3 Å². The van der Waals surface area contributed by atoms with Crippen LogP contribution >= 0.6 is 0 Å². The molecule has 0 saturated carbocycles. The summed E-state index contributed by atoms with van der Waals surface area (Å²) in [5.74, 6) is -0.856. The minimum atomic E-state index is -1.63. The number of carbonyl (C=O) groups excluding carboxylic acids is 2. The second kappa shape index (κ2) is 5.81. The highest BCUT2D eigenvalue weighted by atomic mass is 16.5. The summed E-state index contributed by atoms with van der Waals surface area (Å²) >= 11 is 0. The van der Waals surface area contributed by atoms with Crippen LogP contribution in [0, 0.1) is 0 Å². The molecule has 0 saturated heterocycles. The smallest absolute Gasteiger partial charge is 0.338 e. The Morgan fingerprint density at radius 3 is 2.38 bits per heavy atom. The average Bonchev–Trinajstić information content (AvgIpc) is 2.23. The highest BCUT2D eigenvalue weighted by Gasteiger charge is 2.32. The maximum atomic E-state index is 11.5. The molecular weight excluding hydrogens is 212 g/mol. The Balaban J connectivity index is 4.24. The third kappa shape index (κ3) is 4.16. The molecule has 0 rings (SSSR count). The van der Waals surface area contributed by atoms with Gasteiger partial charge < -0.3 is 20.1 Å². The third-order valence-electron chi connectivity index (χ3n) is 2.19. The van der Waals surface area contributed by atoms with Gasteiger partial charge >= 0.3 is 5.97 Å². The fourth-order valence-corrected chi connectivity index (χ4v) is 1.12. The van der Waals surface area contributed by atoms with E-state index in [1.54, 1.807) is 21.0 Å². The standard InChI is InChI=1S/C10H20N2O4/c1-7(8(13)12(3)4)11-6-10(2,15)9(14)16-5/h7,11,15H,6H2,1-5H3. The summed E-state index contributed by atoms with van der Waals surface area (Å²) in [5, 5.41) is 12.5. The first-order valence-electron chi connectivity index (χ1n) is 4.97. The van der Waals surface area contributed by atoms with Gasteiger partial charge in [0.1, 0.15) is 0 Å². The Morgan fingerprint density at radius 1 is 1.50 bits per heavy atom. The molecule has 0 aromatic heterocycles. The molecule has 0 aromatic rings. The van der Waals surface area contributed by atoms with Gasteiger partial charge in [0.05, 0.1) is 13.2 Å². The number of ether oxygens (including phenoxy) is 1. The van der Waals surface area contributed by atoms with E-state index in [1.165, 1.54) is 18.9 Å². The van der Waals surface area contributed by atoms with Crippen LogP contribution in [0.15, 0.2) is 0 Å². The summed E-state index contributed by atoms with van der Waals surface area (Å²) < 4.78 is 4.43. The second-order valence-corrected chi connectivity index (χ2v) is 4.10. The molecule has 0 fully saturated rings. The van der Waals surface area contributed by atoms with E-state index >= 15 is 0 Å². The molecule has 2 N–H and O–H groups in total. The molecule has 6 nitrogen and oxygen atoms in total. The summed E-state index contributed by atoms with van der Waals surface area (Å²) in [5.41, 5.74) is -1.63. The van der Waals surface area contributed by atoms with Crippen LogP contribution in [0.5, 0.6) is 0 Å². The quantitative estimate of drug-likeness (QED) is 0.593. The molecule has 6 heteroatoms. The van der Waals surface area contributed by atoms with E-state index in [9.17, 15) is 14.7 Å². The first-order chi connectivity index (χ1) is 7.22. The zero-order valence-corrected chi connectivity index (χ0v) is 10.4. The van der Waals surface area contributed by atoms with Crippen molar-refractivity contribution < 1.29 is 19.4 Å². The van der Waals surface area contributed by atoms with Crippen molar-refractivity contribution in [2.24, 2.45) is 0 Å². The third-order valence-corrected chi connectivity index (χ3v) is 2.19. The largest absolute Gasteiger partial charge is 0.467 e. The number of hydrogen-bond donors (Lipinski definition) is 2. The van der Waals surface area contributed by atoms with Gasteiger partial charge in [0.2, 0.25) is 5.91 Å². The minimum Gasteiger partial charge on any atom is -0.467 e. The van der Waals surface area contributed by atoms with Gasteiger partial charge in [-0.1, -0.05) is 0 Å². The fraction of sp³-hybridized carbons (Fsp3) is 0.800. The van der Waals surface area contributed by atoms with Crippen LogP contribution in [0.25, 0.3) is 0 Å². The lowest BCUT2D eigenvalue weighted by Gasteiger charge is -2.24. The number of rotatable bonds is 5. The van der Waals surface area contributed by atoms with Crippen molar-refractivity contribution in [3.63, 3.8) is 0 Å². The molecular formula is C10H20N2O4. The van der Waals surface area contributed by atoms with Crippen LogP contribution in [0.1, 0.15) is 13.8 Å². The molecule has 0 aliphatic heterocycles. The summed E-state index contributed by atoms with van der Waals surface area (Å²) in [7, 11) is 4.48. The van der Waals surface area contributed by atoms with Crippen molar-refractivity contribution in [3.05, 3.63) is 0 Å². The highest BCUT2D eigenvalue weighted by molar-refractivity contribution is 5.81. The summed E-state index contributed by atoms with van der Waals surface area (Å²) in [4.78, 5) is 24.0. The molecule has 94 valence electrons. The molecule has 2 atom stereocenters. The van der Waals surface area contributed by atoms with Crippen LogP contribution < -0.4 is 5.32 Å². The molecule has 16 heavy (non-hydrogen) atoms. The van der Waals surface area contributed by atoms with Crippen LogP contribution in [0.4, 0.5) is 0 Å². The van der Waals surface area contributed by atoms with Gasteiger partial charge in [-0.3, -0.25) is 4.79 Å². The lowest BCUT2D eigenvalue weighted by Crippen LogP contribution is -2.51. The van der Waals surface area contributed by atoms with Crippen molar-refractivity contribution in [1.29, 1.82) is 0 Å². The second-order valence-electron chi connectivity index (χ2n) is 4.10. The van der Waals surface area contributed by atoms with Crippen LogP contribution in [0.3, 0.4) is 0 Å². The number of amides is 1. The predicted octanol–water partition coefficient (Wildman–Crippen LogP) is -1.02. The van der Waals surface area contributed by atoms with Gasteiger partial charge in [-0.05, 0) is 13.8 Å². The van der Waals surface area contributed by atoms with E-state index in [1.807, 2.05) is 0 Å². The molecule has 1 amide bonds. The summed E-state index contributed by atoms with van der Waals surface area (Å²) in [6.07, 6.45) is 0. The number of nitrogens with zero attached hydrogens (tertiary/aromatic N) is 1. The zero-order valence-electron chi connectivity index (χ0n) is 10.4. The Hall–Kier alpha value is -1.14. The van der Waals surface area contributed by atoms with E-state index < -0.39 is 17.6 Å². The molecule has 2 unspecified atom stereocenters. The molecule has 0 aliphatic carbocycles. The first-order valence-corrected chi connectivity index (χ1v) is 4.97. The van der Waals surface area contributed by atoms with Gasteiger partial charge in [-0.2, -0.15) is 0 Å². The minimum absolute atomic E-state index is 0.0412. The number of methoxy groups -OCH3 is 1. The van der Waals surface area contributed by atoms with E-state index in [-0.39, 0.29) is 12.5 Å². The molecule has 0 spiro atoms. The SMILES string of the molecule is COC(=O)C(C)(O)CNC(C)C(=O)N(C)C. The number of esters is 1. The number of hydrogen-bond acceptors (Lipinski definition) is 5. The summed E-state index contributed by atoms with van der Waals surface area (Å²) in [6, 6.07) is -0.467. The van der Waals surface area contributed by atoms with Crippen molar-refractivity contribution in [3.8, 4) is 0 Å². The molecule has 0 aliphatic rings. The van der Waals surface area contributed by atoms with E-state index in [0.717, 1.165) is 0 Å². The van der Waals surface area contributed by atoms with Crippen molar-refractivity contribution in [2.45, 2.75) is 25.5 Å². The number of nitrogens with one attached hydrogen (secondary N) is 1. The topological polar surface area (TPSA) is 78.9 Å². The van der Waals surface area contributed by atoms with Crippen molar-refractivity contribution >= 4 is 11.9 Å². The maximum Gasteiger partial charge on any atom is 0.338 e. The number of carbonyl (C=O) groups is 2. The lowest BCUT2D eigenvalue weighted by atomic mass is 10.1. The Bertz CT molecular complexity index is 264. The Labute approximate surface area is 95.6 Å². The Kier molecular flexibility index (Phi) is 5.40. The fourth-order valence-electron chi connectivity index (χ4n) is 1.12. The van der Waals surface area contributed by atoms with Crippen LogP contribution in [-0.2, 0) is 14.3 Å². The van der Waals surface area contributed by atoms with Gasteiger partial charge in [0, 0.05) is 20.6 Å². The van der Waals surface area contributed by atoms with E-state index in [4.69, 9.17) is 0 Å². The molecule has 0 bridgehead atoms. The zero-order chi connectivity index (χ0) is 12.9. The maximum absolute atomic E-state index is 11.5. The van der Waals surface area contributed by atoms with Gasteiger partial charge in [0.15, 0.2) is 5.60 Å². The van der Waals surface area contributed by atoms with E-state index in [2.05, 4.69) is 10.1 Å². The lowest BCUT2D eigenvalue weighted by molar-refractivity contribution is -0.160. The van der Waals surface area contributed by atoms with Crippen molar-refractivity contribution in [1.82, 2.24) is 10.2 Å². The number of likely N-dealkylation sites (N-methyl/N-ethyl adjacent to an activating group) is 1. The predicted molar refractivity (Wildman–Crippen MR) is 58.8 cm³/mol. The van der Waals surface area contributed by atoms with Crippen molar-refractivity contribution in [2.75, 3.05) is 27.7 Å². The van der Waals surface area contributed by atoms with Gasteiger partial charge in [-0.25, -0.2) is 4.79 Å². The average molecular weight is 232 g/mol. The highest BCUT2D eigenvalue weighted by Crippen LogP contribution is 2.04. The van der Waals surface area contributed by atoms with Crippen LogP contribution in [0.2, 0.25) is 0 Å². The van der Waals surface area contributed by atoms with Gasteiger partial charge in [0.25, 0.3) is 0 Å². The summed E-state index contributed by atoms with van der Waals surface area (Å²) in [6.45, 7) is 2.95.